The van der Waals surface area contributed by atoms with Crippen LogP contribution in [0.4, 0.5) is 0 Å². The number of nitrogens with zero attached hydrogens (tertiary/aromatic N) is 1. The summed E-state index contributed by atoms with van der Waals surface area (Å²) in [4.78, 5) is 2.56. The first-order chi connectivity index (χ1) is 11.8. The largest absolute Gasteiger partial charge is 0.394 e. The van der Waals surface area contributed by atoms with Gasteiger partial charge in [0.05, 0.1) is 25.9 Å². The van der Waals surface area contributed by atoms with E-state index >= 15 is 0 Å². The number of likely N-dealkylation sites (tertiary alicyclic amines) is 1. The first kappa shape index (κ1) is 17.9. The fraction of sp³-hybridized carbons (Fsp3) is 0.700. The van der Waals surface area contributed by atoms with Crippen molar-refractivity contribution in [2.45, 2.75) is 69.9 Å². The van der Waals surface area contributed by atoms with Gasteiger partial charge in [0.15, 0.2) is 6.29 Å². The van der Waals surface area contributed by atoms with Gasteiger partial charge in [0.25, 0.3) is 0 Å². The van der Waals surface area contributed by atoms with E-state index in [2.05, 4.69) is 36.1 Å². The highest BCUT2D eigenvalue weighted by Crippen LogP contribution is 2.34. The molecule has 2 fully saturated rings. The van der Waals surface area contributed by atoms with Crippen LogP contribution in [-0.2, 0) is 9.47 Å². The van der Waals surface area contributed by atoms with E-state index in [0.29, 0.717) is 12.1 Å². The van der Waals surface area contributed by atoms with Gasteiger partial charge in [0.1, 0.15) is 0 Å². The molecule has 24 heavy (non-hydrogen) atoms. The first-order valence-corrected chi connectivity index (χ1v) is 9.46. The van der Waals surface area contributed by atoms with Crippen LogP contribution in [0.1, 0.15) is 57.1 Å². The van der Waals surface area contributed by atoms with Gasteiger partial charge >= 0.3 is 0 Å². The highest BCUT2D eigenvalue weighted by atomic mass is 16.7. The molecular weight excluding hydrogens is 302 g/mol. The lowest BCUT2D eigenvalue weighted by Gasteiger charge is -2.45. The molecule has 1 aromatic carbocycles. The Morgan fingerprint density at radius 2 is 1.88 bits per heavy atom. The summed E-state index contributed by atoms with van der Waals surface area (Å²) >= 11 is 0. The normalized spacial score (nSPS) is 27.4. The van der Waals surface area contributed by atoms with E-state index in [9.17, 15) is 5.11 Å². The third-order valence-corrected chi connectivity index (χ3v) is 5.48. The summed E-state index contributed by atoms with van der Waals surface area (Å²) in [6, 6.07) is 11.6. The second kappa shape index (κ2) is 8.95. The SMILES string of the molecule is C[C@@H]1CCC[C@H](CCCC2OCCO2)N1[C@@H](CO)c1ccccc1. The summed E-state index contributed by atoms with van der Waals surface area (Å²) in [5.41, 5.74) is 1.22. The zero-order valence-electron chi connectivity index (χ0n) is 14.8. The lowest BCUT2D eigenvalue weighted by atomic mass is 9.89. The molecule has 3 rings (SSSR count). The predicted molar refractivity (Wildman–Crippen MR) is 94.8 cm³/mol. The molecule has 0 radical (unpaired) electrons. The highest BCUT2D eigenvalue weighted by molar-refractivity contribution is 5.20. The van der Waals surface area contributed by atoms with Gasteiger partial charge in [0, 0.05) is 12.1 Å². The monoisotopic (exact) mass is 333 g/mol. The van der Waals surface area contributed by atoms with Gasteiger partial charge in [-0.1, -0.05) is 36.8 Å². The van der Waals surface area contributed by atoms with E-state index in [1.807, 2.05) is 6.07 Å². The summed E-state index contributed by atoms with van der Waals surface area (Å²) < 4.78 is 11.1. The van der Waals surface area contributed by atoms with E-state index < -0.39 is 0 Å². The van der Waals surface area contributed by atoms with Crippen LogP contribution in [-0.4, -0.2) is 48.2 Å². The molecular formula is C20H31NO3. The number of aliphatic hydroxyl groups excluding tert-OH is 1. The van der Waals surface area contributed by atoms with E-state index in [4.69, 9.17) is 9.47 Å². The average Bonchev–Trinajstić information content (AvgIpc) is 3.12. The molecule has 3 atom stereocenters. The molecule has 0 aliphatic carbocycles. The Kier molecular flexibility index (Phi) is 6.67. The van der Waals surface area contributed by atoms with Crippen LogP contribution in [0.15, 0.2) is 30.3 Å². The molecule has 2 aliphatic heterocycles. The Morgan fingerprint density at radius 1 is 1.12 bits per heavy atom. The van der Waals surface area contributed by atoms with Crippen LogP contribution in [0.2, 0.25) is 0 Å². The number of rotatable bonds is 7. The van der Waals surface area contributed by atoms with Crippen LogP contribution in [0.25, 0.3) is 0 Å². The van der Waals surface area contributed by atoms with Crippen LogP contribution in [0.5, 0.6) is 0 Å². The standard InChI is InChI=1S/C20H31NO3/c1-16-7-5-10-18(11-6-12-20-23-13-14-24-20)21(16)19(15-22)17-8-3-2-4-9-17/h2-4,8-9,16,18-20,22H,5-7,10-15H2,1H3/t16-,18-,19+/m1/s1. The number of aliphatic hydroxyl groups is 1. The Bertz CT molecular complexity index is 475. The number of hydrogen-bond acceptors (Lipinski definition) is 4. The quantitative estimate of drug-likeness (QED) is 0.829. The lowest BCUT2D eigenvalue weighted by molar-refractivity contribution is -0.0510. The fourth-order valence-corrected chi connectivity index (χ4v) is 4.30. The van der Waals surface area contributed by atoms with Crippen molar-refractivity contribution in [3.05, 3.63) is 35.9 Å². The topological polar surface area (TPSA) is 41.9 Å². The minimum atomic E-state index is 0.00206. The Balaban J connectivity index is 1.64. The molecule has 2 aliphatic rings. The van der Waals surface area contributed by atoms with E-state index in [-0.39, 0.29) is 18.9 Å². The molecule has 2 heterocycles. The third kappa shape index (κ3) is 4.37. The maximum atomic E-state index is 10.1. The Labute approximate surface area is 145 Å². The molecule has 0 amide bonds. The zero-order valence-corrected chi connectivity index (χ0v) is 14.8. The molecule has 2 saturated heterocycles. The zero-order chi connectivity index (χ0) is 16.8. The average molecular weight is 333 g/mol. The first-order valence-electron chi connectivity index (χ1n) is 9.46. The molecule has 1 aromatic rings. The van der Waals surface area contributed by atoms with Crippen molar-refractivity contribution in [1.82, 2.24) is 4.90 Å². The van der Waals surface area contributed by atoms with Gasteiger partial charge in [-0.2, -0.15) is 0 Å². The molecule has 0 spiro atoms. The predicted octanol–water partition coefficient (Wildman–Crippen LogP) is 3.51. The van der Waals surface area contributed by atoms with Crippen LogP contribution >= 0.6 is 0 Å². The number of hydrogen-bond donors (Lipinski definition) is 1. The molecule has 1 N–H and O–H groups in total. The van der Waals surface area contributed by atoms with Crippen molar-refractivity contribution < 1.29 is 14.6 Å². The number of benzene rings is 1. The molecule has 4 heteroatoms. The minimum absolute atomic E-state index is 0.00206. The van der Waals surface area contributed by atoms with Gasteiger partial charge in [-0.3, -0.25) is 4.90 Å². The summed E-state index contributed by atoms with van der Waals surface area (Å²) in [6.45, 7) is 3.95. The third-order valence-electron chi connectivity index (χ3n) is 5.48. The van der Waals surface area contributed by atoms with E-state index in [0.717, 1.165) is 32.5 Å². The Morgan fingerprint density at radius 3 is 2.58 bits per heavy atom. The minimum Gasteiger partial charge on any atom is -0.394 e. The smallest absolute Gasteiger partial charge is 0.157 e. The summed E-state index contributed by atoms with van der Waals surface area (Å²) in [7, 11) is 0. The van der Waals surface area contributed by atoms with E-state index in [1.165, 1.54) is 24.8 Å². The van der Waals surface area contributed by atoms with Gasteiger partial charge in [-0.25, -0.2) is 0 Å². The van der Waals surface area contributed by atoms with Crippen molar-refractivity contribution in [1.29, 1.82) is 0 Å². The van der Waals surface area contributed by atoms with Crippen molar-refractivity contribution in [2.24, 2.45) is 0 Å². The van der Waals surface area contributed by atoms with Gasteiger partial charge < -0.3 is 14.6 Å². The Hall–Kier alpha value is -0.940. The van der Waals surface area contributed by atoms with Gasteiger partial charge in [0.2, 0.25) is 0 Å². The van der Waals surface area contributed by atoms with Crippen molar-refractivity contribution >= 4 is 0 Å². The maximum absolute atomic E-state index is 10.1. The van der Waals surface area contributed by atoms with Crippen LogP contribution < -0.4 is 0 Å². The summed E-state index contributed by atoms with van der Waals surface area (Å²) in [5.74, 6) is 0. The molecule has 0 bridgehead atoms. The molecule has 134 valence electrons. The van der Waals surface area contributed by atoms with Gasteiger partial charge in [-0.15, -0.1) is 0 Å². The van der Waals surface area contributed by atoms with Gasteiger partial charge in [-0.05, 0) is 44.6 Å². The van der Waals surface area contributed by atoms with E-state index in [1.54, 1.807) is 0 Å². The number of piperidine rings is 1. The van der Waals surface area contributed by atoms with Crippen LogP contribution in [0.3, 0.4) is 0 Å². The molecule has 0 unspecified atom stereocenters. The molecule has 0 aromatic heterocycles. The summed E-state index contributed by atoms with van der Waals surface area (Å²) in [6.07, 6.45) is 6.97. The van der Waals surface area contributed by atoms with Crippen molar-refractivity contribution in [3.8, 4) is 0 Å². The highest BCUT2D eigenvalue weighted by Gasteiger charge is 2.33. The van der Waals surface area contributed by atoms with Crippen molar-refractivity contribution in [3.63, 3.8) is 0 Å². The van der Waals surface area contributed by atoms with Crippen LogP contribution in [0, 0.1) is 0 Å². The molecule has 4 nitrogen and oxygen atoms in total. The second-order valence-electron chi connectivity index (χ2n) is 7.09. The van der Waals surface area contributed by atoms with Crippen molar-refractivity contribution in [2.75, 3.05) is 19.8 Å². The lowest BCUT2D eigenvalue weighted by Crippen LogP contribution is -2.48. The maximum Gasteiger partial charge on any atom is 0.157 e. The number of ether oxygens (including phenoxy) is 2. The second-order valence-corrected chi connectivity index (χ2v) is 7.09. The fourth-order valence-electron chi connectivity index (χ4n) is 4.30. The molecule has 0 saturated carbocycles. The summed E-state index contributed by atoms with van der Waals surface area (Å²) in [5, 5.41) is 10.1.